The standard InChI is InChI=1S/C12H21O10/c1-3(14)5(15)7(17)9(19)11(21)12-10(20)8(18)6(16)4(2-13)22-12/h3-10,13-20H,2H2,1H3/t3-,4-,5-,6-,7+,8+,9-,10-/m1/s1. The molecule has 22 heavy (non-hydrogen) atoms. The van der Waals surface area contributed by atoms with E-state index in [4.69, 9.17) is 14.9 Å². The van der Waals surface area contributed by atoms with Crippen LogP contribution in [-0.4, -0.2) is 102 Å². The summed E-state index contributed by atoms with van der Waals surface area (Å²) in [4.78, 5) is 12.0. The summed E-state index contributed by atoms with van der Waals surface area (Å²) >= 11 is 0. The van der Waals surface area contributed by atoms with Crippen molar-refractivity contribution < 1.29 is 50.4 Å². The highest BCUT2D eigenvalue weighted by Gasteiger charge is 2.50. The van der Waals surface area contributed by atoms with Gasteiger partial charge in [-0.2, -0.15) is 0 Å². The van der Waals surface area contributed by atoms with E-state index < -0.39 is 67.3 Å². The van der Waals surface area contributed by atoms with Gasteiger partial charge in [0.05, 0.1) is 12.7 Å². The number of ketones is 1. The monoisotopic (exact) mass is 325 g/mol. The molecule has 1 radical (unpaired) electrons. The first kappa shape index (κ1) is 19.4. The lowest BCUT2D eigenvalue weighted by atomic mass is 9.89. The molecular formula is C12H21O10. The third-order valence-corrected chi connectivity index (χ3v) is 3.46. The zero-order valence-electron chi connectivity index (χ0n) is 11.7. The summed E-state index contributed by atoms with van der Waals surface area (Å²) in [7, 11) is 0. The van der Waals surface area contributed by atoms with Gasteiger partial charge in [-0.3, -0.25) is 4.79 Å². The van der Waals surface area contributed by atoms with Gasteiger partial charge in [0.1, 0.15) is 42.7 Å². The Morgan fingerprint density at radius 1 is 1.09 bits per heavy atom. The van der Waals surface area contributed by atoms with Gasteiger partial charge in [-0.05, 0) is 6.92 Å². The van der Waals surface area contributed by atoms with E-state index >= 15 is 0 Å². The van der Waals surface area contributed by atoms with Crippen LogP contribution in [0.2, 0.25) is 0 Å². The molecule has 1 heterocycles. The summed E-state index contributed by atoms with van der Waals surface area (Å²) in [5, 5.41) is 75.6. The molecule has 8 N–H and O–H groups in total. The number of hydrogen-bond donors (Lipinski definition) is 8. The number of aliphatic hydroxyl groups is 8. The van der Waals surface area contributed by atoms with E-state index in [0.717, 1.165) is 6.92 Å². The molecule has 0 unspecified atom stereocenters. The fourth-order valence-electron chi connectivity index (χ4n) is 1.99. The lowest BCUT2D eigenvalue weighted by Crippen LogP contribution is -2.59. The highest BCUT2D eigenvalue weighted by molar-refractivity contribution is 5.95. The van der Waals surface area contributed by atoms with Gasteiger partial charge >= 0.3 is 0 Å². The summed E-state index contributed by atoms with van der Waals surface area (Å²) in [6, 6.07) is 0. The highest BCUT2D eigenvalue weighted by atomic mass is 16.5. The molecule has 10 heteroatoms. The van der Waals surface area contributed by atoms with Crippen LogP contribution in [0.4, 0.5) is 0 Å². The van der Waals surface area contributed by atoms with Gasteiger partial charge in [-0.15, -0.1) is 0 Å². The predicted molar refractivity (Wildman–Crippen MR) is 67.9 cm³/mol. The molecule has 1 aliphatic heterocycles. The lowest BCUT2D eigenvalue weighted by Gasteiger charge is -2.39. The molecule has 0 saturated carbocycles. The van der Waals surface area contributed by atoms with Gasteiger partial charge in [-0.1, -0.05) is 0 Å². The second-order valence-corrected chi connectivity index (χ2v) is 5.16. The quantitative estimate of drug-likeness (QED) is 0.235. The van der Waals surface area contributed by atoms with E-state index in [-0.39, 0.29) is 0 Å². The zero-order chi connectivity index (χ0) is 17.2. The average molecular weight is 325 g/mol. The minimum absolute atomic E-state index is 0.781. The maximum absolute atomic E-state index is 12.0. The van der Waals surface area contributed by atoms with Crippen LogP contribution in [-0.2, 0) is 9.53 Å². The molecule has 10 nitrogen and oxygen atoms in total. The molecule has 0 aromatic carbocycles. The second kappa shape index (κ2) is 7.73. The molecule has 0 spiro atoms. The SMILES string of the molecule is C[C@@H](O)[C@@H](O)[C@H](O)[C@@H](O)C(=O)[C]1O[C@H](CO)[C@@H](O)[C@H](O)[C@H]1O. The van der Waals surface area contributed by atoms with Gasteiger partial charge < -0.3 is 45.6 Å². The molecule has 129 valence electrons. The second-order valence-electron chi connectivity index (χ2n) is 5.16. The molecule has 0 aromatic rings. The lowest BCUT2D eigenvalue weighted by molar-refractivity contribution is -0.199. The Hall–Kier alpha value is -0.690. The Bertz CT molecular complexity index is 373. The number of rotatable bonds is 6. The number of aliphatic hydroxyl groups excluding tert-OH is 8. The van der Waals surface area contributed by atoms with Crippen LogP contribution in [0, 0.1) is 6.10 Å². The van der Waals surface area contributed by atoms with Crippen LogP contribution in [0.5, 0.6) is 0 Å². The minimum atomic E-state index is -2.25. The summed E-state index contributed by atoms with van der Waals surface area (Å²) in [5.74, 6) is -1.36. The Morgan fingerprint density at radius 2 is 1.64 bits per heavy atom. The van der Waals surface area contributed by atoms with Crippen molar-refractivity contribution in [2.45, 2.75) is 55.8 Å². The summed E-state index contributed by atoms with van der Waals surface area (Å²) in [5.41, 5.74) is 0. The fraction of sp³-hybridized carbons (Fsp3) is 0.833. The maximum atomic E-state index is 12.0. The molecule has 1 rings (SSSR count). The molecule has 0 aromatic heterocycles. The first-order valence-corrected chi connectivity index (χ1v) is 6.58. The van der Waals surface area contributed by atoms with Gasteiger partial charge in [0.25, 0.3) is 0 Å². The smallest absolute Gasteiger partial charge is 0.202 e. The predicted octanol–water partition coefficient (Wildman–Crippen LogP) is -4.98. The van der Waals surface area contributed by atoms with Crippen LogP contribution in [0.25, 0.3) is 0 Å². The molecular weight excluding hydrogens is 304 g/mol. The van der Waals surface area contributed by atoms with E-state index in [1.807, 2.05) is 0 Å². The Morgan fingerprint density at radius 3 is 2.09 bits per heavy atom. The number of ether oxygens (including phenoxy) is 1. The van der Waals surface area contributed by atoms with Crippen LogP contribution in [0.3, 0.4) is 0 Å². The normalized spacial score (nSPS) is 35.7. The van der Waals surface area contributed by atoms with Crippen molar-refractivity contribution in [3.63, 3.8) is 0 Å². The maximum Gasteiger partial charge on any atom is 0.202 e. The van der Waals surface area contributed by atoms with Gasteiger partial charge in [0, 0.05) is 0 Å². The number of carbonyl (C=O) groups excluding carboxylic acids is 1. The Kier molecular flexibility index (Phi) is 6.80. The third kappa shape index (κ3) is 3.79. The van der Waals surface area contributed by atoms with Crippen molar-refractivity contribution in [3.05, 3.63) is 6.10 Å². The fourth-order valence-corrected chi connectivity index (χ4v) is 1.99. The molecule has 1 saturated heterocycles. The largest absolute Gasteiger partial charge is 0.394 e. The van der Waals surface area contributed by atoms with Crippen LogP contribution in [0.1, 0.15) is 6.92 Å². The summed E-state index contributed by atoms with van der Waals surface area (Å²) in [6.07, 6.45) is -15.4. The molecule has 1 aliphatic rings. The van der Waals surface area contributed by atoms with Gasteiger partial charge in [0.2, 0.25) is 5.78 Å². The molecule has 1 fully saturated rings. The summed E-state index contributed by atoms with van der Waals surface area (Å²) in [6.45, 7) is 0.336. The molecule has 0 aliphatic carbocycles. The molecule has 0 bridgehead atoms. The van der Waals surface area contributed by atoms with Gasteiger partial charge in [0.15, 0.2) is 6.10 Å². The first-order chi connectivity index (χ1) is 10.1. The average Bonchev–Trinajstić information content (AvgIpc) is 2.50. The molecule has 0 amide bonds. The first-order valence-electron chi connectivity index (χ1n) is 6.58. The van der Waals surface area contributed by atoms with Crippen molar-refractivity contribution in [1.29, 1.82) is 0 Å². The van der Waals surface area contributed by atoms with Crippen molar-refractivity contribution in [2.75, 3.05) is 6.61 Å². The van der Waals surface area contributed by atoms with Crippen LogP contribution >= 0.6 is 0 Å². The van der Waals surface area contributed by atoms with Crippen molar-refractivity contribution in [1.82, 2.24) is 0 Å². The van der Waals surface area contributed by atoms with E-state index in [2.05, 4.69) is 0 Å². The van der Waals surface area contributed by atoms with Crippen molar-refractivity contribution >= 4 is 5.78 Å². The number of Topliss-reactive ketones (excluding diaryl/α,β-unsaturated/α-hetero) is 1. The highest BCUT2D eigenvalue weighted by Crippen LogP contribution is 2.28. The van der Waals surface area contributed by atoms with E-state index in [1.165, 1.54) is 0 Å². The Labute approximate surface area is 125 Å². The van der Waals surface area contributed by atoms with Crippen LogP contribution in [0.15, 0.2) is 0 Å². The summed E-state index contributed by atoms with van der Waals surface area (Å²) < 4.78 is 4.85. The zero-order valence-corrected chi connectivity index (χ0v) is 11.7. The number of carbonyl (C=O) groups is 1. The van der Waals surface area contributed by atoms with E-state index in [1.54, 1.807) is 0 Å². The number of hydrogen-bond acceptors (Lipinski definition) is 10. The molecule has 8 atom stereocenters. The minimum Gasteiger partial charge on any atom is -0.394 e. The van der Waals surface area contributed by atoms with E-state index in [0.29, 0.717) is 0 Å². The van der Waals surface area contributed by atoms with Crippen molar-refractivity contribution in [2.24, 2.45) is 0 Å². The third-order valence-electron chi connectivity index (χ3n) is 3.46. The van der Waals surface area contributed by atoms with Gasteiger partial charge in [-0.25, -0.2) is 0 Å². The van der Waals surface area contributed by atoms with Crippen LogP contribution < -0.4 is 0 Å². The topological polar surface area (TPSA) is 188 Å². The van der Waals surface area contributed by atoms with Crippen molar-refractivity contribution in [3.8, 4) is 0 Å². The van der Waals surface area contributed by atoms with E-state index in [9.17, 15) is 35.4 Å². The Balaban J connectivity index is 2.86.